The first-order valence-corrected chi connectivity index (χ1v) is 10.1. The van der Waals surface area contributed by atoms with E-state index in [1.165, 1.54) is 0 Å². The van der Waals surface area contributed by atoms with E-state index in [0.717, 1.165) is 33.8 Å². The van der Waals surface area contributed by atoms with Crippen LogP contribution < -0.4 is 10.6 Å². The van der Waals surface area contributed by atoms with E-state index in [4.69, 9.17) is 16.7 Å². The smallest absolute Gasteiger partial charge is 0.171 e. The summed E-state index contributed by atoms with van der Waals surface area (Å²) in [4.78, 5) is 0. The lowest BCUT2D eigenvalue weighted by Gasteiger charge is -2.21. The number of anilines is 1. The van der Waals surface area contributed by atoms with Gasteiger partial charge in [0.15, 0.2) is 5.11 Å². The van der Waals surface area contributed by atoms with Gasteiger partial charge in [0.2, 0.25) is 0 Å². The van der Waals surface area contributed by atoms with Crippen LogP contribution in [0.5, 0.6) is 0 Å². The molecule has 0 aliphatic heterocycles. The molecule has 0 aliphatic rings. The molecular weight excluding hydrogens is 394 g/mol. The van der Waals surface area contributed by atoms with Crippen LogP contribution in [0.1, 0.15) is 34.2 Å². The minimum absolute atomic E-state index is 0.0512. The standard InChI is InChI=1S/C23H23N5OS/c1-16-21(17(2)29-27-16)15-28-14-20(13-24-28)25-23(30)26-22(18-9-5-3-6-10-18)19-11-7-4-8-12-19/h3-14,22H,15H2,1-2H3,(H2,25,26,30). The molecule has 2 N–H and O–H groups in total. The molecule has 0 aliphatic carbocycles. The summed E-state index contributed by atoms with van der Waals surface area (Å²) in [6.45, 7) is 4.44. The van der Waals surface area contributed by atoms with E-state index in [-0.39, 0.29) is 6.04 Å². The molecule has 6 nitrogen and oxygen atoms in total. The molecule has 4 rings (SSSR count). The highest BCUT2D eigenvalue weighted by atomic mass is 32.1. The summed E-state index contributed by atoms with van der Waals surface area (Å²) in [5.41, 5.74) is 5.02. The molecular formula is C23H23N5OS. The lowest BCUT2D eigenvalue weighted by atomic mass is 9.99. The summed E-state index contributed by atoms with van der Waals surface area (Å²) in [6.07, 6.45) is 3.67. The molecule has 0 saturated carbocycles. The fourth-order valence-corrected chi connectivity index (χ4v) is 3.59. The van der Waals surface area contributed by atoms with Crippen molar-refractivity contribution in [2.75, 3.05) is 5.32 Å². The van der Waals surface area contributed by atoms with E-state index in [2.05, 4.69) is 45.2 Å². The van der Waals surface area contributed by atoms with Gasteiger partial charge in [0.05, 0.1) is 30.2 Å². The molecule has 2 aromatic carbocycles. The number of hydrogen-bond acceptors (Lipinski definition) is 4. The fourth-order valence-electron chi connectivity index (χ4n) is 3.35. The van der Waals surface area contributed by atoms with Crippen LogP contribution >= 0.6 is 12.2 Å². The minimum Gasteiger partial charge on any atom is -0.361 e. The van der Waals surface area contributed by atoms with E-state index < -0.39 is 0 Å². The fraction of sp³-hybridized carbons (Fsp3) is 0.174. The Bertz CT molecular complexity index is 1060. The van der Waals surface area contributed by atoms with Crippen molar-refractivity contribution in [2.45, 2.75) is 26.4 Å². The van der Waals surface area contributed by atoms with Gasteiger partial charge >= 0.3 is 0 Å². The Labute approximate surface area is 180 Å². The predicted octanol–water partition coefficient (Wildman–Crippen LogP) is 4.61. The zero-order valence-electron chi connectivity index (χ0n) is 16.9. The van der Waals surface area contributed by atoms with E-state index >= 15 is 0 Å². The maximum Gasteiger partial charge on any atom is 0.171 e. The van der Waals surface area contributed by atoms with Gasteiger partial charge in [-0.3, -0.25) is 4.68 Å². The molecule has 30 heavy (non-hydrogen) atoms. The maximum atomic E-state index is 5.59. The van der Waals surface area contributed by atoms with Gasteiger partial charge in [0.25, 0.3) is 0 Å². The van der Waals surface area contributed by atoms with Crippen LogP contribution in [0, 0.1) is 13.8 Å². The molecule has 0 atom stereocenters. The second kappa shape index (κ2) is 8.92. The topological polar surface area (TPSA) is 67.9 Å². The van der Waals surface area contributed by atoms with Crippen molar-refractivity contribution in [3.8, 4) is 0 Å². The first-order valence-electron chi connectivity index (χ1n) is 9.72. The van der Waals surface area contributed by atoms with Crippen molar-refractivity contribution in [2.24, 2.45) is 0 Å². The molecule has 0 amide bonds. The highest BCUT2D eigenvalue weighted by Gasteiger charge is 2.15. The number of rotatable bonds is 6. The van der Waals surface area contributed by atoms with Crippen molar-refractivity contribution < 1.29 is 4.52 Å². The normalized spacial score (nSPS) is 10.9. The highest BCUT2D eigenvalue weighted by molar-refractivity contribution is 7.80. The second-order valence-corrected chi connectivity index (χ2v) is 7.49. The molecule has 0 saturated heterocycles. The molecule has 7 heteroatoms. The van der Waals surface area contributed by atoms with Gasteiger partial charge in [-0.2, -0.15) is 5.10 Å². The van der Waals surface area contributed by atoms with Crippen LogP contribution in [0.2, 0.25) is 0 Å². The number of nitrogens with zero attached hydrogens (tertiary/aromatic N) is 3. The van der Waals surface area contributed by atoms with E-state index in [1.54, 1.807) is 6.20 Å². The molecule has 0 unspecified atom stereocenters. The van der Waals surface area contributed by atoms with Gasteiger partial charge in [-0.25, -0.2) is 0 Å². The first kappa shape index (κ1) is 19.8. The van der Waals surface area contributed by atoms with E-state index in [0.29, 0.717) is 11.7 Å². The summed E-state index contributed by atoms with van der Waals surface area (Å²) in [7, 11) is 0. The summed E-state index contributed by atoms with van der Waals surface area (Å²) >= 11 is 5.59. The number of thiocarbonyl (C=S) groups is 1. The summed E-state index contributed by atoms with van der Waals surface area (Å²) in [6, 6.07) is 20.5. The number of nitrogens with one attached hydrogen (secondary N) is 2. The Hall–Kier alpha value is -3.45. The van der Waals surface area contributed by atoms with Crippen molar-refractivity contribution in [3.05, 3.63) is 101 Å². The quantitative estimate of drug-likeness (QED) is 0.447. The van der Waals surface area contributed by atoms with Crippen LogP contribution in [0.4, 0.5) is 5.69 Å². The van der Waals surface area contributed by atoms with E-state index in [9.17, 15) is 0 Å². The van der Waals surface area contributed by atoms with Crippen molar-refractivity contribution in [1.29, 1.82) is 0 Å². The summed E-state index contributed by atoms with van der Waals surface area (Å²) < 4.78 is 7.07. The summed E-state index contributed by atoms with van der Waals surface area (Å²) in [5, 5.41) is 15.6. The molecule has 0 radical (unpaired) electrons. The van der Waals surface area contributed by atoms with Crippen molar-refractivity contribution in [1.82, 2.24) is 20.3 Å². The monoisotopic (exact) mass is 417 g/mol. The number of aromatic nitrogens is 3. The van der Waals surface area contributed by atoms with Gasteiger partial charge in [-0.15, -0.1) is 0 Å². The minimum atomic E-state index is -0.0512. The van der Waals surface area contributed by atoms with Gasteiger partial charge in [-0.05, 0) is 37.2 Å². The largest absolute Gasteiger partial charge is 0.361 e. The number of hydrogen-bond donors (Lipinski definition) is 2. The average molecular weight is 418 g/mol. The zero-order chi connectivity index (χ0) is 20.9. The van der Waals surface area contributed by atoms with Crippen LogP contribution in [0.25, 0.3) is 0 Å². The van der Waals surface area contributed by atoms with Gasteiger partial charge < -0.3 is 15.2 Å². The molecule has 4 aromatic rings. The second-order valence-electron chi connectivity index (χ2n) is 7.08. The Kier molecular flexibility index (Phi) is 5.90. The van der Waals surface area contributed by atoms with Crippen LogP contribution in [0.3, 0.4) is 0 Å². The highest BCUT2D eigenvalue weighted by Crippen LogP contribution is 2.22. The molecule has 2 heterocycles. The third-order valence-corrected chi connectivity index (χ3v) is 5.15. The molecule has 0 bridgehead atoms. The predicted molar refractivity (Wildman–Crippen MR) is 121 cm³/mol. The average Bonchev–Trinajstić information content (AvgIpc) is 3.34. The number of benzene rings is 2. The maximum absolute atomic E-state index is 5.59. The first-order chi connectivity index (χ1) is 14.6. The Morgan fingerprint density at radius 2 is 1.67 bits per heavy atom. The SMILES string of the molecule is Cc1noc(C)c1Cn1cc(NC(=S)NC(c2ccccc2)c2ccccc2)cn1. The summed E-state index contributed by atoms with van der Waals surface area (Å²) in [5.74, 6) is 0.809. The van der Waals surface area contributed by atoms with Crippen LogP contribution in [-0.4, -0.2) is 20.0 Å². The Morgan fingerprint density at radius 1 is 1.03 bits per heavy atom. The Morgan fingerprint density at radius 3 is 2.23 bits per heavy atom. The van der Waals surface area contributed by atoms with Crippen molar-refractivity contribution in [3.63, 3.8) is 0 Å². The van der Waals surface area contributed by atoms with Gasteiger partial charge in [0, 0.05) is 11.8 Å². The molecule has 0 spiro atoms. The van der Waals surface area contributed by atoms with Crippen LogP contribution in [0.15, 0.2) is 77.6 Å². The number of aryl methyl sites for hydroxylation is 2. The molecule has 0 fully saturated rings. The zero-order valence-corrected chi connectivity index (χ0v) is 17.7. The van der Waals surface area contributed by atoms with Gasteiger partial charge in [-0.1, -0.05) is 65.8 Å². The third kappa shape index (κ3) is 4.58. The lowest BCUT2D eigenvalue weighted by Crippen LogP contribution is -2.32. The third-order valence-electron chi connectivity index (χ3n) is 4.93. The van der Waals surface area contributed by atoms with Crippen LogP contribution in [-0.2, 0) is 6.54 Å². The Balaban J connectivity index is 1.46. The van der Waals surface area contributed by atoms with Crippen molar-refractivity contribution >= 4 is 23.0 Å². The van der Waals surface area contributed by atoms with E-state index in [1.807, 2.05) is 61.1 Å². The van der Waals surface area contributed by atoms with Gasteiger partial charge in [0.1, 0.15) is 5.76 Å². The molecule has 152 valence electrons. The lowest BCUT2D eigenvalue weighted by molar-refractivity contribution is 0.391. The molecule has 2 aromatic heterocycles.